The Labute approximate surface area is 197 Å². The van der Waals surface area contributed by atoms with Crippen LogP contribution >= 0.6 is 0 Å². The van der Waals surface area contributed by atoms with E-state index >= 15 is 0 Å². The van der Waals surface area contributed by atoms with E-state index in [9.17, 15) is 9.59 Å². The molecule has 3 aromatic rings. The molecule has 1 amide bonds. The number of H-pyrrole nitrogens is 1. The Morgan fingerprint density at radius 3 is 2.56 bits per heavy atom. The molecule has 2 aliphatic rings. The van der Waals surface area contributed by atoms with E-state index in [1.54, 1.807) is 30.9 Å². The zero-order valence-electron chi connectivity index (χ0n) is 19.1. The van der Waals surface area contributed by atoms with Crippen molar-refractivity contribution in [3.05, 3.63) is 58.9 Å². The van der Waals surface area contributed by atoms with Crippen LogP contribution in [0.4, 0.5) is 11.9 Å². The number of carbonyl (C=O) groups excluding carboxylic acids is 1. The molecule has 0 radical (unpaired) electrons. The number of hydrogen-bond acceptors (Lipinski definition) is 9. The molecule has 0 spiro atoms. The lowest BCUT2D eigenvalue weighted by atomic mass is 9.91. The normalized spacial score (nSPS) is 15.6. The van der Waals surface area contributed by atoms with Crippen molar-refractivity contribution < 1.29 is 9.53 Å². The van der Waals surface area contributed by atoms with Crippen molar-refractivity contribution in [1.29, 1.82) is 0 Å². The van der Waals surface area contributed by atoms with Gasteiger partial charge in [0.05, 0.1) is 24.5 Å². The van der Waals surface area contributed by atoms with Crippen LogP contribution in [0.5, 0.6) is 0 Å². The van der Waals surface area contributed by atoms with E-state index in [-0.39, 0.29) is 17.4 Å². The third-order valence-corrected chi connectivity index (χ3v) is 5.86. The quantitative estimate of drug-likeness (QED) is 0.585. The van der Waals surface area contributed by atoms with E-state index in [0.717, 1.165) is 12.8 Å². The van der Waals surface area contributed by atoms with Crippen LogP contribution in [0.15, 0.2) is 47.8 Å². The number of nitrogen functional groups attached to an aromatic ring is 1. The van der Waals surface area contributed by atoms with Crippen molar-refractivity contribution in [2.24, 2.45) is 0 Å². The molecule has 34 heavy (non-hydrogen) atoms. The highest BCUT2D eigenvalue weighted by Gasteiger charge is 2.26. The van der Waals surface area contributed by atoms with Gasteiger partial charge in [0.15, 0.2) is 0 Å². The maximum Gasteiger partial charge on any atom is 0.255 e. The van der Waals surface area contributed by atoms with Gasteiger partial charge in [-0.1, -0.05) is 0 Å². The van der Waals surface area contributed by atoms with Crippen LogP contribution in [-0.4, -0.2) is 75.1 Å². The molecule has 2 fully saturated rings. The van der Waals surface area contributed by atoms with E-state index in [4.69, 9.17) is 10.5 Å². The summed E-state index contributed by atoms with van der Waals surface area (Å²) in [6.45, 7) is 2.65. The molecule has 1 aliphatic carbocycles. The first-order valence-corrected chi connectivity index (χ1v) is 11.2. The Balaban J connectivity index is 0.000000172. The zero-order chi connectivity index (χ0) is 23.9. The molecular weight excluding hydrogens is 436 g/mol. The smallest absolute Gasteiger partial charge is 0.255 e. The standard InChI is InChI=1S/C12H14N6O2.C11H14N2O/c13-11-14-6-8(7-15-11)9-5-10(19)17-12(16-9)18-1-3-20-4-2-18;1-13(10-5-2-6-10)11(14)9-4-3-7-12-8-9/h5-7H,1-4H2,(H2,13,14,15)(H,16,17,19);3-4,7-8,10H,2,5-6H2,1H3. The number of ether oxygens (including phenoxy) is 1. The van der Waals surface area contributed by atoms with Gasteiger partial charge in [-0.05, 0) is 31.4 Å². The predicted octanol–water partition coefficient (Wildman–Crippen LogP) is 1.35. The Kier molecular flexibility index (Phi) is 7.43. The van der Waals surface area contributed by atoms with Crippen LogP contribution in [0.1, 0.15) is 29.6 Å². The molecule has 5 rings (SSSR count). The van der Waals surface area contributed by atoms with Crippen molar-refractivity contribution in [2.45, 2.75) is 25.3 Å². The number of nitrogens with one attached hydrogen (secondary N) is 1. The fraction of sp³-hybridized carbons (Fsp3) is 0.391. The van der Waals surface area contributed by atoms with Gasteiger partial charge in [-0.3, -0.25) is 19.6 Å². The van der Waals surface area contributed by atoms with Gasteiger partial charge in [0.1, 0.15) is 0 Å². The number of carbonyl (C=O) groups is 1. The summed E-state index contributed by atoms with van der Waals surface area (Å²) in [5.41, 5.74) is 7.09. The first kappa shape index (κ1) is 23.3. The van der Waals surface area contributed by atoms with E-state index in [1.807, 2.05) is 22.9 Å². The molecule has 0 aromatic carbocycles. The first-order chi connectivity index (χ1) is 16.5. The average molecular weight is 465 g/mol. The van der Waals surface area contributed by atoms with Gasteiger partial charge < -0.3 is 20.3 Å². The van der Waals surface area contributed by atoms with Gasteiger partial charge in [-0.2, -0.15) is 0 Å². The van der Waals surface area contributed by atoms with Crippen LogP contribution in [0.2, 0.25) is 0 Å². The number of nitrogens with zero attached hydrogens (tertiary/aromatic N) is 6. The summed E-state index contributed by atoms with van der Waals surface area (Å²) in [5.74, 6) is 0.808. The van der Waals surface area contributed by atoms with E-state index < -0.39 is 0 Å². The van der Waals surface area contributed by atoms with Crippen LogP contribution < -0.4 is 16.2 Å². The molecule has 0 atom stereocenters. The van der Waals surface area contributed by atoms with Crippen LogP contribution in [-0.2, 0) is 4.74 Å². The van der Waals surface area contributed by atoms with Crippen molar-refractivity contribution in [1.82, 2.24) is 29.8 Å². The molecule has 0 unspecified atom stereocenters. The van der Waals surface area contributed by atoms with E-state index in [1.165, 1.54) is 12.5 Å². The molecule has 1 aliphatic heterocycles. The summed E-state index contributed by atoms with van der Waals surface area (Å²) in [6.07, 6.45) is 9.93. The minimum absolute atomic E-state index is 0.0859. The highest BCUT2D eigenvalue weighted by Crippen LogP contribution is 2.24. The second-order valence-corrected chi connectivity index (χ2v) is 8.13. The van der Waals surface area contributed by atoms with Crippen molar-refractivity contribution in [2.75, 3.05) is 44.0 Å². The van der Waals surface area contributed by atoms with Crippen molar-refractivity contribution in [3.8, 4) is 11.3 Å². The van der Waals surface area contributed by atoms with Gasteiger partial charge in [0, 0.05) is 62.6 Å². The molecule has 1 saturated carbocycles. The van der Waals surface area contributed by atoms with E-state index in [2.05, 4.69) is 24.9 Å². The fourth-order valence-corrected chi connectivity index (χ4v) is 3.62. The SMILES string of the molecule is CN(C(=O)c1cccnc1)C1CCC1.Nc1ncc(-c2cc(=O)[nH]c(N3CCOCC3)n2)cn1. The molecule has 3 N–H and O–H groups in total. The topological polar surface area (TPSA) is 143 Å². The molecule has 4 heterocycles. The monoisotopic (exact) mass is 464 g/mol. The van der Waals surface area contributed by atoms with E-state index in [0.29, 0.717) is 55.1 Å². The van der Waals surface area contributed by atoms with Gasteiger partial charge in [0.2, 0.25) is 11.9 Å². The Morgan fingerprint density at radius 2 is 1.94 bits per heavy atom. The second-order valence-electron chi connectivity index (χ2n) is 8.13. The Bertz CT molecular complexity index is 1140. The minimum atomic E-state index is -0.215. The van der Waals surface area contributed by atoms with Crippen molar-refractivity contribution in [3.63, 3.8) is 0 Å². The molecule has 11 nitrogen and oxygen atoms in total. The third-order valence-electron chi connectivity index (χ3n) is 5.86. The Morgan fingerprint density at radius 1 is 1.21 bits per heavy atom. The molecule has 178 valence electrons. The summed E-state index contributed by atoms with van der Waals surface area (Å²) >= 11 is 0. The number of aromatic nitrogens is 5. The summed E-state index contributed by atoms with van der Waals surface area (Å²) in [5, 5.41) is 0. The Hall–Kier alpha value is -3.86. The van der Waals surface area contributed by atoms with Crippen LogP contribution in [0.25, 0.3) is 11.3 Å². The van der Waals surface area contributed by atoms with Crippen LogP contribution in [0, 0.1) is 0 Å². The number of pyridine rings is 1. The first-order valence-electron chi connectivity index (χ1n) is 11.2. The molecule has 1 saturated heterocycles. The average Bonchev–Trinajstić information content (AvgIpc) is 2.84. The van der Waals surface area contributed by atoms with Crippen LogP contribution in [0.3, 0.4) is 0 Å². The third kappa shape index (κ3) is 5.73. The highest BCUT2D eigenvalue weighted by atomic mass is 16.5. The summed E-state index contributed by atoms with van der Waals surface area (Å²) in [7, 11) is 1.87. The fourth-order valence-electron chi connectivity index (χ4n) is 3.62. The lowest BCUT2D eigenvalue weighted by Crippen LogP contribution is -2.41. The number of rotatable bonds is 4. The maximum atomic E-state index is 11.9. The maximum absolute atomic E-state index is 11.9. The van der Waals surface area contributed by atoms with Crippen molar-refractivity contribution >= 4 is 17.8 Å². The molecule has 3 aromatic heterocycles. The lowest BCUT2D eigenvalue weighted by Gasteiger charge is -2.34. The largest absolute Gasteiger partial charge is 0.378 e. The minimum Gasteiger partial charge on any atom is -0.378 e. The highest BCUT2D eigenvalue weighted by molar-refractivity contribution is 5.93. The van der Waals surface area contributed by atoms with Gasteiger partial charge in [-0.25, -0.2) is 15.0 Å². The number of amides is 1. The zero-order valence-corrected chi connectivity index (χ0v) is 19.1. The molecule has 11 heteroatoms. The molecular formula is C23H28N8O3. The second kappa shape index (κ2) is 10.8. The number of hydrogen-bond donors (Lipinski definition) is 2. The number of nitrogens with two attached hydrogens (primary N) is 1. The number of morpholine rings is 1. The summed E-state index contributed by atoms with van der Waals surface area (Å²) < 4.78 is 5.28. The van der Waals surface area contributed by atoms with Gasteiger partial charge in [-0.15, -0.1) is 0 Å². The lowest BCUT2D eigenvalue weighted by molar-refractivity contribution is 0.0651. The summed E-state index contributed by atoms with van der Waals surface area (Å²) in [4.78, 5) is 46.4. The number of anilines is 2. The number of aromatic amines is 1. The van der Waals surface area contributed by atoms with Gasteiger partial charge >= 0.3 is 0 Å². The summed E-state index contributed by atoms with van der Waals surface area (Å²) in [6, 6.07) is 5.47. The predicted molar refractivity (Wildman–Crippen MR) is 127 cm³/mol. The van der Waals surface area contributed by atoms with Gasteiger partial charge in [0.25, 0.3) is 11.5 Å². The molecule has 0 bridgehead atoms.